The van der Waals surface area contributed by atoms with Crippen molar-refractivity contribution in [1.29, 1.82) is 0 Å². The first-order chi connectivity index (χ1) is 15.3. The number of aliphatic hydroxyl groups is 1. The van der Waals surface area contributed by atoms with E-state index in [1.165, 1.54) is 43.4 Å². The third-order valence-corrected chi connectivity index (χ3v) is 5.37. The quantitative estimate of drug-likeness (QED) is 0.218. The highest BCUT2D eigenvalue weighted by atomic mass is 16.6. The maximum Gasteiger partial charge on any atom is 0.295 e. The molecule has 168 valence electrons. The number of para-hydroxylation sites is 1. The van der Waals surface area contributed by atoms with Crippen LogP contribution in [0.2, 0.25) is 0 Å². The van der Waals surface area contributed by atoms with Crippen molar-refractivity contribution in [3.8, 4) is 11.5 Å². The lowest BCUT2D eigenvalue weighted by atomic mass is 9.94. The van der Waals surface area contributed by atoms with Gasteiger partial charge in [-0.15, -0.1) is 0 Å². The number of non-ortho nitro benzene ring substituents is 1. The van der Waals surface area contributed by atoms with Crippen LogP contribution < -0.4 is 9.47 Å². The van der Waals surface area contributed by atoms with Crippen LogP contribution in [-0.4, -0.2) is 47.4 Å². The number of ether oxygens (including phenoxy) is 2. The first-order valence-electron chi connectivity index (χ1n) is 10.1. The van der Waals surface area contributed by atoms with Gasteiger partial charge in [0, 0.05) is 29.8 Å². The Morgan fingerprint density at radius 2 is 1.81 bits per heavy atom. The van der Waals surface area contributed by atoms with Crippen molar-refractivity contribution in [1.82, 2.24) is 4.90 Å². The number of amides is 1. The molecule has 3 rings (SSSR count). The topological polar surface area (TPSA) is 119 Å². The lowest BCUT2D eigenvalue weighted by Crippen LogP contribution is -2.30. The molecule has 32 heavy (non-hydrogen) atoms. The van der Waals surface area contributed by atoms with Crippen LogP contribution in [0.3, 0.4) is 0 Å². The molecule has 9 heteroatoms. The van der Waals surface area contributed by atoms with Gasteiger partial charge in [0.1, 0.15) is 5.76 Å². The fraction of sp³-hybridized carbons (Fsp3) is 0.304. The third kappa shape index (κ3) is 4.01. The maximum atomic E-state index is 13.0. The largest absolute Gasteiger partial charge is 0.507 e. The second kappa shape index (κ2) is 9.51. The normalized spacial score (nSPS) is 17.5. The SMILES string of the molecule is CCCCN1C(=O)C(=O)/C(=C(/O)c2ccc([N+](=O)[O-])cc2)C1c1cccc(OC)c1OC. The number of benzene rings is 2. The monoisotopic (exact) mass is 440 g/mol. The van der Waals surface area contributed by atoms with E-state index in [0.29, 0.717) is 30.0 Å². The minimum atomic E-state index is -0.901. The Hall–Kier alpha value is -3.88. The smallest absolute Gasteiger partial charge is 0.295 e. The molecule has 1 unspecified atom stereocenters. The van der Waals surface area contributed by atoms with Crippen molar-refractivity contribution in [2.75, 3.05) is 20.8 Å². The van der Waals surface area contributed by atoms with Crippen LogP contribution in [0.4, 0.5) is 5.69 Å². The first-order valence-corrected chi connectivity index (χ1v) is 10.1. The number of rotatable bonds is 8. The molecule has 1 heterocycles. The summed E-state index contributed by atoms with van der Waals surface area (Å²) in [6, 6.07) is 9.34. The van der Waals surface area contributed by atoms with E-state index in [2.05, 4.69) is 0 Å². The molecule has 0 saturated carbocycles. The first kappa shape index (κ1) is 22.8. The maximum absolute atomic E-state index is 13.0. The minimum Gasteiger partial charge on any atom is -0.507 e. The Morgan fingerprint density at radius 3 is 2.38 bits per heavy atom. The Kier molecular flexibility index (Phi) is 6.77. The number of carbonyl (C=O) groups is 2. The Morgan fingerprint density at radius 1 is 1.12 bits per heavy atom. The number of hydrogen-bond donors (Lipinski definition) is 1. The average molecular weight is 440 g/mol. The highest BCUT2D eigenvalue weighted by molar-refractivity contribution is 6.46. The van der Waals surface area contributed by atoms with Crippen LogP contribution in [0.1, 0.15) is 36.9 Å². The van der Waals surface area contributed by atoms with Crippen molar-refractivity contribution < 1.29 is 29.1 Å². The number of nitrogens with zero attached hydrogens (tertiary/aromatic N) is 2. The van der Waals surface area contributed by atoms with Crippen molar-refractivity contribution in [3.63, 3.8) is 0 Å². The van der Waals surface area contributed by atoms with E-state index in [-0.39, 0.29) is 16.8 Å². The van der Waals surface area contributed by atoms with Gasteiger partial charge in [-0.3, -0.25) is 19.7 Å². The second-order valence-electron chi connectivity index (χ2n) is 7.23. The van der Waals surface area contributed by atoms with Gasteiger partial charge in [0.15, 0.2) is 11.5 Å². The Bertz CT molecular complexity index is 1080. The molecule has 1 aliphatic heterocycles. The molecule has 1 fully saturated rings. The van der Waals surface area contributed by atoms with E-state index < -0.39 is 28.4 Å². The summed E-state index contributed by atoms with van der Waals surface area (Å²) in [6.45, 7) is 2.28. The van der Waals surface area contributed by atoms with Gasteiger partial charge in [0.05, 0.1) is 30.8 Å². The zero-order valence-corrected chi connectivity index (χ0v) is 18.0. The van der Waals surface area contributed by atoms with Gasteiger partial charge in [-0.25, -0.2) is 0 Å². The Balaban J connectivity index is 2.23. The van der Waals surface area contributed by atoms with Crippen LogP contribution in [-0.2, 0) is 9.59 Å². The molecule has 0 aromatic heterocycles. The summed E-state index contributed by atoms with van der Waals surface area (Å²) in [5.41, 5.74) is 0.420. The number of carbonyl (C=O) groups excluding carboxylic acids is 2. The van der Waals surface area contributed by atoms with Crippen molar-refractivity contribution >= 4 is 23.1 Å². The standard InChI is InChI=1S/C23H24N2O7/c1-4-5-13-24-19(16-7-6-8-17(31-2)22(16)32-3)18(21(27)23(24)28)20(26)14-9-11-15(12-10-14)25(29)30/h6-12,19,26H,4-5,13H2,1-3H3/b20-18+. The van der Waals surface area contributed by atoms with Crippen molar-refractivity contribution in [3.05, 3.63) is 69.3 Å². The fourth-order valence-electron chi connectivity index (χ4n) is 3.79. The summed E-state index contributed by atoms with van der Waals surface area (Å²) in [4.78, 5) is 37.7. The van der Waals surface area contributed by atoms with Gasteiger partial charge in [0.2, 0.25) is 0 Å². The van der Waals surface area contributed by atoms with Gasteiger partial charge in [-0.05, 0) is 24.6 Å². The lowest BCUT2D eigenvalue weighted by Gasteiger charge is -2.27. The number of Topliss-reactive ketones (excluding diaryl/α,β-unsaturated/α-hetero) is 1. The highest BCUT2D eigenvalue weighted by Gasteiger charge is 2.47. The summed E-state index contributed by atoms with van der Waals surface area (Å²) < 4.78 is 10.9. The molecule has 0 spiro atoms. The molecule has 2 aromatic carbocycles. The summed E-state index contributed by atoms with van der Waals surface area (Å²) in [5, 5.41) is 22.0. The number of nitro benzene ring substituents is 1. The number of aliphatic hydroxyl groups excluding tert-OH is 1. The predicted molar refractivity (Wildman–Crippen MR) is 117 cm³/mol. The van der Waals surface area contributed by atoms with Crippen LogP contribution in [0.25, 0.3) is 5.76 Å². The van der Waals surface area contributed by atoms with Crippen molar-refractivity contribution in [2.45, 2.75) is 25.8 Å². The predicted octanol–water partition coefficient (Wildman–Crippen LogP) is 3.83. The number of hydrogen-bond acceptors (Lipinski definition) is 7. The molecule has 2 aromatic rings. The van der Waals surface area contributed by atoms with Gasteiger partial charge < -0.3 is 19.5 Å². The van der Waals surface area contributed by atoms with Crippen molar-refractivity contribution in [2.24, 2.45) is 0 Å². The van der Waals surface area contributed by atoms with E-state index in [9.17, 15) is 24.8 Å². The van der Waals surface area contributed by atoms with Gasteiger partial charge in [-0.2, -0.15) is 0 Å². The van der Waals surface area contributed by atoms with E-state index in [1.54, 1.807) is 18.2 Å². The number of nitro groups is 1. The molecule has 0 bridgehead atoms. The third-order valence-electron chi connectivity index (χ3n) is 5.37. The van der Waals surface area contributed by atoms with Crippen LogP contribution in [0, 0.1) is 10.1 Å². The minimum absolute atomic E-state index is 0.105. The van der Waals surface area contributed by atoms with Gasteiger partial charge in [0.25, 0.3) is 17.4 Å². The van der Waals surface area contributed by atoms with E-state index in [1.807, 2.05) is 6.92 Å². The molecule has 1 amide bonds. The van der Waals surface area contributed by atoms with E-state index in [4.69, 9.17) is 9.47 Å². The number of methoxy groups -OCH3 is 2. The summed E-state index contributed by atoms with van der Waals surface area (Å²) in [7, 11) is 2.93. The molecule has 0 aliphatic carbocycles. The summed E-state index contributed by atoms with van der Waals surface area (Å²) >= 11 is 0. The molecule has 1 N–H and O–H groups in total. The van der Waals surface area contributed by atoms with E-state index >= 15 is 0 Å². The lowest BCUT2D eigenvalue weighted by molar-refractivity contribution is -0.384. The van der Waals surface area contributed by atoms with Crippen LogP contribution >= 0.6 is 0 Å². The number of unbranched alkanes of at least 4 members (excludes halogenated alkanes) is 1. The molecular weight excluding hydrogens is 416 g/mol. The molecule has 1 aliphatic rings. The van der Waals surface area contributed by atoms with Gasteiger partial charge in [-0.1, -0.05) is 25.5 Å². The molecule has 1 atom stereocenters. The average Bonchev–Trinajstić information content (AvgIpc) is 3.06. The molecular formula is C23H24N2O7. The number of likely N-dealkylation sites (tertiary alicyclic amines) is 1. The summed E-state index contributed by atoms with van der Waals surface area (Å²) in [6.07, 6.45) is 1.46. The Labute approximate surface area is 185 Å². The molecule has 0 radical (unpaired) electrons. The van der Waals surface area contributed by atoms with Gasteiger partial charge >= 0.3 is 0 Å². The molecule has 1 saturated heterocycles. The molecule has 9 nitrogen and oxygen atoms in total. The fourth-order valence-corrected chi connectivity index (χ4v) is 3.79. The zero-order valence-electron chi connectivity index (χ0n) is 18.0. The second-order valence-corrected chi connectivity index (χ2v) is 7.23. The summed E-state index contributed by atoms with van der Waals surface area (Å²) in [5.74, 6) is -1.20. The van der Waals surface area contributed by atoms with Crippen LogP contribution in [0.15, 0.2) is 48.0 Å². The zero-order chi connectivity index (χ0) is 23.4. The van der Waals surface area contributed by atoms with E-state index in [0.717, 1.165) is 6.42 Å². The van der Waals surface area contributed by atoms with Crippen LogP contribution in [0.5, 0.6) is 11.5 Å². The highest BCUT2D eigenvalue weighted by Crippen LogP contribution is 2.45. The number of ketones is 1.